The predicted molar refractivity (Wildman–Crippen MR) is 124 cm³/mol. The molecule has 0 aliphatic carbocycles. The Morgan fingerprint density at radius 3 is 2.65 bits per heavy atom. The lowest BCUT2D eigenvalue weighted by Crippen LogP contribution is -2.47. The van der Waals surface area contributed by atoms with Crippen LogP contribution in [-0.2, 0) is 11.2 Å². The van der Waals surface area contributed by atoms with Crippen molar-refractivity contribution in [3.05, 3.63) is 53.6 Å². The van der Waals surface area contributed by atoms with E-state index in [2.05, 4.69) is 17.2 Å². The summed E-state index contributed by atoms with van der Waals surface area (Å²) in [4.78, 5) is 15.4. The highest BCUT2D eigenvalue weighted by molar-refractivity contribution is 5.78. The van der Waals surface area contributed by atoms with Crippen molar-refractivity contribution < 1.29 is 22.4 Å². The van der Waals surface area contributed by atoms with E-state index in [1.807, 2.05) is 30.2 Å². The Labute approximate surface area is 197 Å². The van der Waals surface area contributed by atoms with Crippen molar-refractivity contribution in [1.29, 1.82) is 0 Å². The van der Waals surface area contributed by atoms with Crippen LogP contribution in [0.1, 0.15) is 36.4 Å². The smallest absolute Gasteiger partial charge is 0.379 e. The molecule has 34 heavy (non-hydrogen) atoms. The fourth-order valence-electron chi connectivity index (χ4n) is 5.13. The predicted octanol–water partition coefficient (Wildman–Crippen LogP) is 3.99. The number of rotatable bonds is 5. The highest BCUT2D eigenvalue weighted by Crippen LogP contribution is 2.41. The molecule has 0 radical (unpaired) electrons. The molecule has 0 bridgehead atoms. The van der Waals surface area contributed by atoms with Gasteiger partial charge >= 0.3 is 6.18 Å². The fourth-order valence-corrected chi connectivity index (χ4v) is 5.13. The molecule has 0 aromatic heterocycles. The first-order chi connectivity index (χ1) is 16.0. The van der Waals surface area contributed by atoms with Gasteiger partial charge in [0.15, 0.2) is 0 Å². The number of likely N-dealkylation sites (tertiary alicyclic amines) is 2. The van der Waals surface area contributed by atoms with E-state index in [-0.39, 0.29) is 18.0 Å². The van der Waals surface area contributed by atoms with Gasteiger partial charge in [0.25, 0.3) is 0 Å². The van der Waals surface area contributed by atoms with Crippen molar-refractivity contribution in [2.45, 2.75) is 62.2 Å². The summed E-state index contributed by atoms with van der Waals surface area (Å²) < 4.78 is 55.7. The number of halogens is 4. The van der Waals surface area contributed by atoms with Crippen LogP contribution < -0.4 is 10.6 Å². The molecule has 3 unspecified atom stereocenters. The van der Waals surface area contributed by atoms with Crippen LogP contribution in [0, 0.1) is 0 Å². The van der Waals surface area contributed by atoms with Crippen LogP contribution in [0.5, 0.6) is 0 Å². The average molecular weight is 481 g/mol. The van der Waals surface area contributed by atoms with E-state index in [4.69, 9.17) is 0 Å². The minimum Gasteiger partial charge on any atom is -0.379 e. The lowest BCUT2D eigenvalue weighted by atomic mass is 9.85. The molecule has 5 nitrogen and oxygen atoms in total. The minimum atomic E-state index is -4.56. The number of alkyl halides is 4. The van der Waals surface area contributed by atoms with Crippen LogP contribution in [0.15, 0.2) is 42.5 Å². The van der Waals surface area contributed by atoms with Crippen LogP contribution in [0.2, 0.25) is 0 Å². The molecule has 1 aromatic carbocycles. The van der Waals surface area contributed by atoms with E-state index in [0.29, 0.717) is 43.5 Å². The summed E-state index contributed by atoms with van der Waals surface area (Å²) in [6.45, 7) is 4.43. The molecule has 3 heterocycles. The topological polar surface area (TPSA) is 47.6 Å². The molecule has 5 atom stereocenters. The Morgan fingerprint density at radius 1 is 1.24 bits per heavy atom. The SMILES string of the molecule is C=C(C1NC(/C=C/C2CCC(=O)N2C)Cc2c(N[C@@H]3CCN(C)C[C@@H]3F)cccc21)C(F)(F)F. The minimum absolute atomic E-state index is 0.0605. The number of hydrogen-bond donors (Lipinski definition) is 2. The number of carbonyl (C=O) groups excluding carboxylic acids is 1. The van der Waals surface area contributed by atoms with Gasteiger partial charge in [-0.2, -0.15) is 13.2 Å². The summed E-state index contributed by atoms with van der Waals surface area (Å²) >= 11 is 0. The molecule has 3 aliphatic heterocycles. The Bertz CT molecular complexity index is 963. The van der Waals surface area contributed by atoms with E-state index in [1.165, 1.54) is 0 Å². The van der Waals surface area contributed by atoms with Gasteiger partial charge in [-0.15, -0.1) is 0 Å². The highest BCUT2D eigenvalue weighted by Gasteiger charge is 2.41. The lowest BCUT2D eigenvalue weighted by molar-refractivity contribution is -0.127. The zero-order chi connectivity index (χ0) is 24.6. The molecule has 2 saturated heterocycles. The first-order valence-electron chi connectivity index (χ1n) is 11.7. The fraction of sp³-hybridized carbons (Fsp3) is 0.560. The van der Waals surface area contributed by atoms with E-state index < -0.39 is 30.0 Å². The van der Waals surface area contributed by atoms with Crippen LogP contribution >= 0.6 is 0 Å². The van der Waals surface area contributed by atoms with Gasteiger partial charge in [0.2, 0.25) is 5.91 Å². The number of likely N-dealkylation sites (N-methyl/N-ethyl adjacent to an activating group) is 1. The third-order valence-corrected chi connectivity index (χ3v) is 7.24. The number of benzene rings is 1. The van der Waals surface area contributed by atoms with Crippen molar-refractivity contribution in [2.75, 3.05) is 32.5 Å². The molecular formula is C25H32F4N4O. The third-order valence-electron chi connectivity index (χ3n) is 7.24. The van der Waals surface area contributed by atoms with Gasteiger partial charge in [0.1, 0.15) is 6.17 Å². The van der Waals surface area contributed by atoms with Crippen molar-refractivity contribution >= 4 is 11.6 Å². The molecule has 9 heteroatoms. The molecule has 2 N–H and O–H groups in total. The number of carbonyl (C=O) groups is 1. The molecule has 4 rings (SSSR count). The van der Waals surface area contributed by atoms with Crippen LogP contribution in [0.3, 0.4) is 0 Å². The van der Waals surface area contributed by atoms with E-state index in [9.17, 15) is 22.4 Å². The molecule has 0 saturated carbocycles. The number of hydrogen-bond acceptors (Lipinski definition) is 4. The summed E-state index contributed by atoms with van der Waals surface area (Å²) in [5, 5.41) is 6.38. The Morgan fingerprint density at radius 2 is 2.00 bits per heavy atom. The van der Waals surface area contributed by atoms with Crippen molar-refractivity contribution in [1.82, 2.24) is 15.1 Å². The van der Waals surface area contributed by atoms with Gasteiger partial charge in [-0.1, -0.05) is 30.9 Å². The standard InChI is InChI=1S/C25H32F4N4O/c1-15(25(27,28)29)24-18-5-4-6-21(31-22-11-12-32(2)14-20(22)26)19(18)13-16(30-24)7-8-17-9-10-23(34)33(17)3/h4-8,16-17,20,22,24,30-31H,1,9-14H2,2-3H3/b8-7+/t16?,17?,20-,22+,24?/m0/s1. The number of fused-ring (bicyclic) bond motifs is 1. The number of amides is 1. The largest absolute Gasteiger partial charge is 0.413 e. The zero-order valence-corrected chi connectivity index (χ0v) is 19.5. The number of nitrogens with one attached hydrogen (secondary N) is 2. The van der Waals surface area contributed by atoms with E-state index in [1.54, 1.807) is 24.1 Å². The van der Waals surface area contributed by atoms with Crippen molar-refractivity contribution in [3.63, 3.8) is 0 Å². The zero-order valence-electron chi connectivity index (χ0n) is 19.5. The number of piperidine rings is 1. The lowest BCUT2D eigenvalue weighted by Gasteiger charge is -2.37. The second-order valence-corrected chi connectivity index (χ2v) is 9.62. The average Bonchev–Trinajstić information content (AvgIpc) is 3.10. The Balaban J connectivity index is 1.63. The van der Waals surface area contributed by atoms with Gasteiger partial charge in [0.05, 0.1) is 18.1 Å². The van der Waals surface area contributed by atoms with Gasteiger partial charge in [0, 0.05) is 43.9 Å². The number of nitrogens with zero attached hydrogens (tertiary/aromatic N) is 2. The molecule has 1 amide bonds. The maximum atomic E-state index is 14.7. The van der Waals surface area contributed by atoms with Gasteiger partial charge in [-0.25, -0.2) is 4.39 Å². The second kappa shape index (κ2) is 9.70. The van der Waals surface area contributed by atoms with E-state index in [0.717, 1.165) is 12.1 Å². The summed E-state index contributed by atoms with van der Waals surface area (Å²) in [7, 11) is 3.61. The van der Waals surface area contributed by atoms with Gasteiger partial charge in [-0.3, -0.25) is 10.1 Å². The van der Waals surface area contributed by atoms with Crippen LogP contribution in [0.4, 0.5) is 23.2 Å². The monoisotopic (exact) mass is 480 g/mol. The van der Waals surface area contributed by atoms with Gasteiger partial charge in [-0.05, 0) is 43.5 Å². The highest BCUT2D eigenvalue weighted by atomic mass is 19.4. The van der Waals surface area contributed by atoms with Crippen LogP contribution in [-0.4, -0.2) is 73.4 Å². The molecule has 1 aromatic rings. The Hall–Kier alpha value is -2.39. The third kappa shape index (κ3) is 5.15. The summed E-state index contributed by atoms with van der Waals surface area (Å²) in [6.07, 6.45) is 0.344. The normalized spacial score (nSPS) is 30.6. The van der Waals surface area contributed by atoms with Crippen molar-refractivity contribution in [2.24, 2.45) is 0 Å². The summed E-state index contributed by atoms with van der Waals surface area (Å²) in [6, 6.07) is 3.24. The maximum Gasteiger partial charge on any atom is 0.413 e. The number of anilines is 1. The summed E-state index contributed by atoms with van der Waals surface area (Å²) in [5.41, 5.74) is 1.06. The van der Waals surface area contributed by atoms with E-state index >= 15 is 0 Å². The summed E-state index contributed by atoms with van der Waals surface area (Å²) in [5.74, 6) is 0.0605. The van der Waals surface area contributed by atoms with Crippen molar-refractivity contribution in [3.8, 4) is 0 Å². The molecule has 2 fully saturated rings. The van der Waals surface area contributed by atoms with Gasteiger partial charge < -0.3 is 15.1 Å². The van der Waals surface area contributed by atoms with Crippen LogP contribution in [0.25, 0.3) is 0 Å². The Kier molecular flexibility index (Phi) is 7.05. The first kappa shape index (κ1) is 24.7. The molecule has 186 valence electrons. The quantitative estimate of drug-likeness (QED) is 0.494. The first-order valence-corrected chi connectivity index (χ1v) is 11.7. The molecular weight excluding hydrogens is 448 g/mol. The maximum absolute atomic E-state index is 14.7. The molecule has 3 aliphatic rings. The second-order valence-electron chi connectivity index (χ2n) is 9.62. The molecule has 0 spiro atoms.